The Bertz CT molecular complexity index is 660. The number of nitrogens with zero attached hydrogens (tertiary/aromatic N) is 1. The minimum absolute atomic E-state index is 0.139. The van der Waals surface area contributed by atoms with Crippen LogP contribution in [-0.2, 0) is 6.42 Å². The van der Waals surface area contributed by atoms with Crippen LogP contribution < -0.4 is 5.56 Å². The van der Waals surface area contributed by atoms with Crippen molar-refractivity contribution in [2.45, 2.75) is 20.3 Å². The standard InChI is InChI=1S/C16H16N2O/c1-11(2)9-12-3-5-13(6-4-12)15-8-7-14(10-17)16(19)18-15/h3-8,11H,9H2,1-2H3,(H,18,19). The molecule has 0 spiro atoms. The zero-order valence-corrected chi connectivity index (χ0v) is 11.1. The van der Waals surface area contributed by atoms with Crippen molar-refractivity contribution in [2.24, 2.45) is 5.92 Å². The highest BCUT2D eigenvalue weighted by Crippen LogP contribution is 2.18. The third-order valence-electron chi connectivity index (χ3n) is 2.94. The van der Waals surface area contributed by atoms with E-state index in [1.165, 1.54) is 5.56 Å². The first-order valence-corrected chi connectivity index (χ1v) is 6.33. The molecule has 0 bridgehead atoms. The van der Waals surface area contributed by atoms with E-state index in [2.05, 4.69) is 31.0 Å². The Hall–Kier alpha value is -2.34. The first-order valence-electron chi connectivity index (χ1n) is 6.33. The van der Waals surface area contributed by atoms with Crippen molar-refractivity contribution in [1.29, 1.82) is 5.26 Å². The predicted molar refractivity (Wildman–Crippen MR) is 75.8 cm³/mol. The van der Waals surface area contributed by atoms with Gasteiger partial charge in [-0.2, -0.15) is 5.26 Å². The topological polar surface area (TPSA) is 56.6 Å². The number of H-pyrrole nitrogens is 1. The van der Waals surface area contributed by atoms with Crippen LogP contribution in [0.3, 0.4) is 0 Å². The molecule has 0 saturated carbocycles. The SMILES string of the molecule is CC(C)Cc1ccc(-c2ccc(C#N)c(=O)[nH]2)cc1. The van der Waals surface area contributed by atoms with Crippen LogP contribution in [0.15, 0.2) is 41.2 Å². The lowest BCUT2D eigenvalue weighted by atomic mass is 10.0. The third kappa shape index (κ3) is 3.11. The summed E-state index contributed by atoms with van der Waals surface area (Å²) in [5.74, 6) is 0.626. The molecule has 0 fully saturated rings. The van der Waals surface area contributed by atoms with Gasteiger partial charge in [-0.3, -0.25) is 4.79 Å². The molecular weight excluding hydrogens is 236 g/mol. The fraction of sp³-hybridized carbons (Fsp3) is 0.250. The van der Waals surface area contributed by atoms with Gasteiger partial charge in [0.25, 0.3) is 5.56 Å². The number of hydrogen-bond donors (Lipinski definition) is 1. The van der Waals surface area contributed by atoms with Gasteiger partial charge in [-0.05, 0) is 35.6 Å². The minimum Gasteiger partial charge on any atom is -0.321 e. The molecule has 0 amide bonds. The molecule has 0 unspecified atom stereocenters. The largest absolute Gasteiger partial charge is 0.321 e. The number of rotatable bonds is 3. The first kappa shape index (κ1) is 13.1. The van der Waals surface area contributed by atoms with E-state index in [1.54, 1.807) is 12.1 Å². The van der Waals surface area contributed by atoms with E-state index in [0.717, 1.165) is 17.7 Å². The summed E-state index contributed by atoms with van der Waals surface area (Å²) in [4.78, 5) is 14.3. The summed E-state index contributed by atoms with van der Waals surface area (Å²) in [6.45, 7) is 4.37. The molecule has 2 rings (SSSR count). The van der Waals surface area contributed by atoms with Crippen molar-refractivity contribution in [1.82, 2.24) is 4.98 Å². The quantitative estimate of drug-likeness (QED) is 0.912. The number of nitriles is 1. The third-order valence-corrected chi connectivity index (χ3v) is 2.94. The lowest BCUT2D eigenvalue weighted by Crippen LogP contribution is -2.10. The second-order valence-corrected chi connectivity index (χ2v) is 5.02. The van der Waals surface area contributed by atoms with E-state index in [9.17, 15) is 4.79 Å². The zero-order chi connectivity index (χ0) is 13.8. The van der Waals surface area contributed by atoms with Gasteiger partial charge in [0.15, 0.2) is 0 Å². The van der Waals surface area contributed by atoms with E-state index in [4.69, 9.17) is 5.26 Å². The van der Waals surface area contributed by atoms with Crippen LogP contribution in [0.5, 0.6) is 0 Å². The molecule has 1 aromatic heterocycles. The van der Waals surface area contributed by atoms with Gasteiger partial charge in [0, 0.05) is 5.69 Å². The molecular formula is C16H16N2O. The van der Waals surface area contributed by atoms with Crippen LogP contribution in [0.4, 0.5) is 0 Å². The number of aromatic amines is 1. The van der Waals surface area contributed by atoms with Gasteiger partial charge in [-0.25, -0.2) is 0 Å². The molecule has 1 aromatic carbocycles. The molecule has 0 aliphatic rings. The molecule has 19 heavy (non-hydrogen) atoms. The highest BCUT2D eigenvalue weighted by molar-refractivity contribution is 5.59. The van der Waals surface area contributed by atoms with Gasteiger partial charge in [-0.15, -0.1) is 0 Å². The van der Waals surface area contributed by atoms with Crippen molar-refractivity contribution < 1.29 is 0 Å². The van der Waals surface area contributed by atoms with Crippen molar-refractivity contribution in [3.05, 3.63) is 57.9 Å². The Labute approximate surface area is 112 Å². The lowest BCUT2D eigenvalue weighted by Gasteiger charge is -2.06. The Morgan fingerprint density at radius 2 is 1.84 bits per heavy atom. The molecule has 0 radical (unpaired) electrons. The van der Waals surface area contributed by atoms with Crippen molar-refractivity contribution in [3.63, 3.8) is 0 Å². The van der Waals surface area contributed by atoms with E-state index < -0.39 is 0 Å². The molecule has 3 nitrogen and oxygen atoms in total. The summed E-state index contributed by atoms with van der Waals surface area (Å²) in [6.07, 6.45) is 1.05. The average molecular weight is 252 g/mol. The van der Waals surface area contributed by atoms with Crippen LogP contribution in [-0.4, -0.2) is 4.98 Å². The van der Waals surface area contributed by atoms with Crippen molar-refractivity contribution >= 4 is 0 Å². The van der Waals surface area contributed by atoms with Gasteiger partial charge < -0.3 is 4.98 Å². The number of benzene rings is 1. The van der Waals surface area contributed by atoms with Crippen molar-refractivity contribution in [2.75, 3.05) is 0 Å². The number of nitrogens with one attached hydrogen (secondary N) is 1. The van der Waals surface area contributed by atoms with Gasteiger partial charge in [0.1, 0.15) is 11.6 Å². The molecule has 1 N–H and O–H groups in total. The van der Waals surface area contributed by atoms with E-state index >= 15 is 0 Å². The second-order valence-electron chi connectivity index (χ2n) is 5.02. The molecule has 2 aromatic rings. The monoisotopic (exact) mass is 252 g/mol. The number of pyridine rings is 1. The van der Waals surface area contributed by atoms with Crippen LogP contribution >= 0.6 is 0 Å². The molecule has 0 saturated heterocycles. The predicted octanol–water partition coefficient (Wildman–Crippen LogP) is 3.11. The van der Waals surface area contributed by atoms with Crippen molar-refractivity contribution in [3.8, 4) is 17.3 Å². The Morgan fingerprint density at radius 1 is 1.16 bits per heavy atom. The van der Waals surface area contributed by atoms with E-state index in [-0.39, 0.29) is 11.1 Å². The maximum Gasteiger partial charge on any atom is 0.266 e. The fourth-order valence-electron chi connectivity index (χ4n) is 2.02. The fourth-order valence-corrected chi connectivity index (χ4v) is 2.02. The van der Waals surface area contributed by atoms with E-state index in [0.29, 0.717) is 5.92 Å². The second kappa shape index (κ2) is 5.53. The van der Waals surface area contributed by atoms with Crippen LogP contribution in [0, 0.1) is 17.2 Å². The minimum atomic E-state index is -0.341. The number of hydrogen-bond acceptors (Lipinski definition) is 2. The summed E-state index contributed by atoms with van der Waals surface area (Å²) >= 11 is 0. The molecule has 0 aliphatic heterocycles. The van der Waals surface area contributed by atoms with Gasteiger partial charge in [-0.1, -0.05) is 38.1 Å². The first-order chi connectivity index (χ1) is 9.10. The molecule has 0 aliphatic carbocycles. The molecule has 96 valence electrons. The summed E-state index contributed by atoms with van der Waals surface area (Å²) in [7, 11) is 0. The zero-order valence-electron chi connectivity index (χ0n) is 11.1. The van der Waals surface area contributed by atoms with Crippen LogP contribution in [0.25, 0.3) is 11.3 Å². The highest BCUT2D eigenvalue weighted by Gasteiger charge is 2.03. The molecule has 3 heteroatoms. The molecule has 1 heterocycles. The summed E-state index contributed by atoms with van der Waals surface area (Å²) < 4.78 is 0. The molecule has 0 atom stereocenters. The summed E-state index contributed by atoms with van der Waals surface area (Å²) in [5.41, 5.74) is 2.77. The van der Waals surface area contributed by atoms with Gasteiger partial charge in [0.2, 0.25) is 0 Å². The van der Waals surface area contributed by atoms with E-state index in [1.807, 2.05) is 18.2 Å². The van der Waals surface area contributed by atoms with Gasteiger partial charge >= 0.3 is 0 Å². The Kier molecular flexibility index (Phi) is 3.82. The normalized spacial score (nSPS) is 10.4. The Morgan fingerprint density at radius 3 is 2.37 bits per heavy atom. The smallest absolute Gasteiger partial charge is 0.266 e. The highest BCUT2D eigenvalue weighted by atomic mass is 16.1. The maximum absolute atomic E-state index is 11.6. The summed E-state index contributed by atoms with van der Waals surface area (Å²) in [5, 5.41) is 8.73. The Balaban J connectivity index is 2.30. The summed E-state index contributed by atoms with van der Waals surface area (Å²) in [6, 6.07) is 13.3. The number of aromatic nitrogens is 1. The average Bonchev–Trinajstić information content (AvgIpc) is 2.39. The van der Waals surface area contributed by atoms with Crippen LogP contribution in [0.1, 0.15) is 25.0 Å². The van der Waals surface area contributed by atoms with Gasteiger partial charge in [0.05, 0.1) is 0 Å². The van der Waals surface area contributed by atoms with Crippen LogP contribution in [0.2, 0.25) is 0 Å². The lowest BCUT2D eigenvalue weighted by molar-refractivity contribution is 0.647. The maximum atomic E-state index is 11.6.